The maximum Gasteiger partial charge on any atom is 0.508 e. The highest BCUT2D eigenvalue weighted by Gasteiger charge is 2.26. The van der Waals surface area contributed by atoms with Crippen molar-refractivity contribution in [3.8, 4) is 0 Å². The second-order valence-electron chi connectivity index (χ2n) is 10.7. The van der Waals surface area contributed by atoms with Crippen LogP contribution in [0, 0.1) is 11.8 Å². The van der Waals surface area contributed by atoms with Gasteiger partial charge in [-0.25, -0.2) is 24.3 Å². The van der Waals surface area contributed by atoms with Crippen LogP contribution in [0.1, 0.15) is 108 Å². The lowest BCUT2D eigenvalue weighted by atomic mass is 9.98. The number of hydrogen-bond donors (Lipinski definition) is 0. The summed E-state index contributed by atoms with van der Waals surface area (Å²) in [5, 5.41) is 0. The second-order valence-corrected chi connectivity index (χ2v) is 10.7. The molecule has 0 N–H and O–H groups in total. The van der Waals surface area contributed by atoms with Crippen molar-refractivity contribution >= 4 is 6.16 Å². The predicted octanol–water partition coefficient (Wildman–Crippen LogP) is 7.02. The molecule has 0 aromatic rings. The minimum atomic E-state index is -0.666. The van der Waals surface area contributed by atoms with Crippen molar-refractivity contribution in [2.45, 2.75) is 131 Å². The lowest BCUT2D eigenvalue weighted by Crippen LogP contribution is -2.32. The number of unbranched alkanes of at least 4 members (excludes halogenated alkanes) is 2. The largest absolute Gasteiger partial charge is 0.508 e. The Labute approximate surface area is 196 Å². The zero-order valence-electron chi connectivity index (χ0n) is 22.3. The lowest BCUT2D eigenvalue weighted by molar-refractivity contribution is -0.378. The highest BCUT2D eigenvalue weighted by molar-refractivity contribution is 5.59. The molecule has 4 atom stereocenters. The normalized spacial score (nSPS) is 16.3. The molecule has 0 saturated carbocycles. The van der Waals surface area contributed by atoms with Crippen LogP contribution in [0.15, 0.2) is 0 Å². The fraction of sp³-hybridized carbons (Fsp3) is 0.960. The fourth-order valence-corrected chi connectivity index (χ4v) is 2.83. The van der Waals surface area contributed by atoms with Gasteiger partial charge < -0.3 is 9.47 Å². The molecule has 0 radical (unpaired) electrons. The average Bonchev–Trinajstić information content (AvgIpc) is 2.69. The van der Waals surface area contributed by atoms with Crippen molar-refractivity contribution in [2.75, 3.05) is 13.2 Å². The number of rotatable bonds is 16. The molecule has 0 aromatic heterocycles. The van der Waals surface area contributed by atoms with E-state index in [1.807, 2.05) is 55.4 Å². The SMILES string of the molecule is CCCCC(COC(=O)OCC(CCCC)C(C)OOC(C)(C)C)C(C)OOC(C)(C)C. The quantitative estimate of drug-likeness (QED) is 0.139. The Kier molecular flexibility index (Phi) is 15.4. The standard InChI is InChI=1S/C25H50O7/c1-11-13-15-21(19(3)29-31-24(5,6)7)17-27-23(26)28-18-22(16-14-12-2)20(4)30-32-25(8,9)10/h19-22H,11-18H2,1-10H3. The Morgan fingerprint density at radius 1 is 0.688 bits per heavy atom. The molecule has 0 fully saturated rings. The highest BCUT2D eigenvalue weighted by Crippen LogP contribution is 2.21. The smallest absolute Gasteiger partial charge is 0.434 e. The van der Waals surface area contributed by atoms with E-state index in [-0.39, 0.29) is 37.3 Å². The molecule has 192 valence electrons. The molecule has 0 aliphatic rings. The number of hydrogen-bond acceptors (Lipinski definition) is 7. The molecule has 7 heteroatoms. The summed E-state index contributed by atoms with van der Waals surface area (Å²) < 4.78 is 10.9. The van der Waals surface area contributed by atoms with Gasteiger partial charge in [-0.1, -0.05) is 39.5 Å². The van der Waals surface area contributed by atoms with Crippen LogP contribution in [0.4, 0.5) is 4.79 Å². The van der Waals surface area contributed by atoms with Crippen molar-refractivity contribution in [3.05, 3.63) is 0 Å². The van der Waals surface area contributed by atoms with Crippen LogP contribution < -0.4 is 0 Å². The molecule has 0 amide bonds. The Morgan fingerprint density at radius 3 is 1.31 bits per heavy atom. The lowest BCUT2D eigenvalue weighted by Gasteiger charge is -2.27. The van der Waals surface area contributed by atoms with Gasteiger partial charge in [-0.3, -0.25) is 0 Å². The number of ether oxygens (including phenoxy) is 2. The zero-order valence-corrected chi connectivity index (χ0v) is 22.3. The molecule has 0 aliphatic carbocycles. The van der Waals surface area contributed by atoms with Gasteiger partial charge in [0.15, 0.2) is 0 Å². The first-order valence-corrected chi connectivity index (χ1v) is 12.3. The van der Waals surface area contributed by atoms with E-state index >= 15 is 0 Å². The minimum Gasteiger partial charge on any atom is -0.434 e. The Balaban J connectivity index is 4.68. The van der Waals surface area contributed by atoms with Crippen LogP contribution >= 0.6 is 0 Å². The van der Waals surface area contributed by atoms with Gasteiger partial charge in [0.2, 0.25) is 0 Å². The first kappa shape index (κ1) is 31.1. The summed E-state index contributed by atoms with van der Waals surface area (Å²) in [6.07, 6.45) is 4.85. The van der Waals surface area contributed by atoms with Gasteiger partial charge in [-0.05, 0) is 68.2 Å². The molecular formula is C25H50O7. The third kappa shape index (κ3) is 16.7. The zero-order chi connectivity index (χ0) is 24.8. The summed E-state index contributed by atoms with van der Waals surface area (Å²) in [6, 6.07) is 0. The van der Waals surface area contributed by atoms with Gasteiger partial charge >= 0.3 is 6.16 Å². The molecule has 32 heavy (non-hydrogen) atoms. The van der Waals surface area contributed by atoms with E-state index in [1.54, 1.807) is 0 Å². The van der Waals surface area contributed by atoms with E-state index in [2.05, 4.69) is 13.8 Å². The topological polar surface area (TPSA) is 72.5 Å². The molecule has 0 rings (SSSR count). The number of carbonyl (C=O) groups excluding carboxylic acids is 1. The first-order valence-electron chi connectivity index (χ1n) is 12.3. The molecule has 0 bridgehead atoms. The van der Waals surface area contributed by atoms with Crippen LogP contribution in [0.25, 0.3) is 0 Å². The molecule has 0 heterocycles. The summed E-state index contributed by atoms with van der Waals surface area (Å²) in [5.41, 5.74) is -0.793. The summed E-state index contributed by atoms with van der Waals surface area (Å²) in [4.78, 5) is 34.3. The van der Waals surface area contributed by atoms with Crippen LogP contribution in [0.2, 0.25) is 0 Å². The minimum absolute atomic E-state index is 0.0307. The van der Waals surface area contributed by atoms with Crippen molar-refractivity contribution in [1.82, 2.24) is 0 Å². The summed E-state index contributed by atoms with van der Waals surface area (Å²) >= 11 is 0. The maximum absolute atomic E-state index is 12.3. The van der Waals surface area contributed by atoms with Crippen LogP contribution in [0.5, 0.6) is 0 Å². The van der Waals surface area contributed by atoms with E-state index in [0.717, 1.165) is 38.5 Å². The van der Waals surface area contributed by atoms with Gasteiger partial charge in [0.05, 0.1) is 23.4 Å². The van der Waals surface area contributed by atoms with E-state index in [9.17, 15) is 4.79 Å². The van der Waals surface area contributed by atoms with E-state index < -0.39 is 17.4 Å². The molecule has 0 saturated heterocycles. The van der Waals surface area contributed by atoms with Crippen LogP contribution in [-0.4, -0.2) is 42.8 Å². The molecule has 0 aliphatic heterocycles. The van der Waals surface area contributed by atoms with Crippen molar-refractivity contribution in [2.24, 2.45) is 11.8 Å². The first-order chi connectivity index (χ1) is 14.8. The van der Waals surface area contributed by atoms with Crippen LogP contribution in [-0.2, 0) is 29.0 Å². The Bertz CT molecular complexity index is 440. The highest BCUT2D eigenvalue weighted by atomic mass is 17.2. The molecule has 4 unspecified atom stereocenters. The summed E-state index contributed by atoms with van der Waals surface area (Å²) in [7, 11) is 0. The summed E-state index contributed by atoms with van der Waals surface area (Å²) in [5.74, 6) is 0.0614. The van der Waals surface area contributed by atoms with Gasteiger partial charge in [0.1, 0.15) is 13.2 Å². The third-order valence-electron chi connectivity index (χ3n) is 4.91. The van der Waals surface area contributed by atoms with Gasteiger partial charge in [-0.15, -0.1) is 0 Å². The Hall–Kier alpha value is -0.890. The van der Waals surface area contributed by atoms with Gasteiger partial charge in [0, 0.05) is 11.8 Å². The maximum atomic E-state index is 12.3. The van der Waals surface area contributed by atoms with Gasteiger partial charge in [-0.2, -0.15) is 0 Å². The molecule has 0 aromatic carbocycles. The molecule has 7 nitrogen and oxygen atoms in total. The van der Waals surface area contributed by atoms with E-state index in [0.29, 0.717) is 0 Å². The monoisotopic (exact) mass is 462 g/mol. The van der Waals surface area contributed by atoms with Crippen molar-refractivity contribution in [1.29, 1.82) is 0 Å². The molecular weight excluding hydrogens is 412 g/mol. The van der Waals surface area contributed by atoms with E-state index in [1.165, 1.54) is 0 Å². The van der Waals surface area contributed by atoms with Crippen molar-refractivity contribution < 1.29 is 33.8 Å². The van der Waals surface area contributed by atoms with Gasteiger partial charge in [0.25, 0.3) is 0 Å². The number of carbonyl (C=O) groups is 1. The molecule has 0 spiro atoms. The third-order valence-corrected chi connectivity index (χ3v) is 4.91. The van der Waals surface area contributed by atoms with Crippen LogP contribution in [0.3, 0.4) is 0 Å². The van der Waals surface area contributed by atoms with E-state index in [4.69, 9.17) is 29.0 Å². The average molecular weight is 463 g/mol. The fourth-order valence-electron chi connectivity index (χ4n) is 2.83. The summed E-state index contributed by atoms with van der Waals surface area (Å²) in [6.45, 7) is 20.2. The second kappa shape index (κ2) is 15.9. The predicted molar refractivity (Wildman–Crippen MR) is 126 cm³/mol. The Morgan fingerprint density at radius 2 is 1.03 bits per heavy atom. The van der Waals surface area contributed by atoms with Crippen molar-refractivity contribution in [3.63, 3.8) is 0 Å².